The Bertz CT molecular complexity index is 1080. The maximum absolute atomic E-state index is 15.0. The van der Waals surface area contributed by atoms with Crippen molar-refractivity contribution < 1.29 is 14.2 Å². The minimum Gasteiger partial charge on any atom is -0.495 e. The van der Waals surface area contributed by atoms with Gasteiger partial charge in [0.2, 0.25) is 0 Å². The van der Waals surface area contributed by atoms with E-state index in [1.807, 2.05) is 6.07 Å². The van der Waals surface area contributed by atoms with Crippen LogP contribution in [0.15, 0.2) is 18.3 Å². The van der Waals surface area contributed by atoms with Gasteiger partial charge >= 0.3 is 0 Å². The van der Waals surface area contributed by atoms with Crippen LogP contribution in [0.3, 0.4) is 0 Å². The average molecular weight is 412 g/mol. The monoisotopic (exact) mass is 412 g/mol. The molecule has 3 N–H and O–H groups in total. The zero-order valence-corrected chi connectivity index (χ0v) is 16.9. The van der Waals surface area contributed by atoms with E-state index in [9.17, 15) is 9.50 Å². The third-order valence-electron chi connectivity index (χ3n) is 5.77. The molecule has 9 heteroatoms. The van der Waals surface area contributed by atoms with Crippen molar-refractivity contribution in [1.29, 1.82) is 0 Å². The number of pyridine rings is 1. The number of fused-ring (bicyclic) bond motifs is 1. The Labute approximate surface area is 173 Å². The largest absolute Gasteiger partial charge is 0.495 e. The first kappa shape index (κ1) is 19.2. The second kappa shape index (κ2) is 7.81. The maximum atomic E-state index is 15.0. The molecule has 0 bridgehead atoms. The van der Waals surface area contributed by atoms with Gasteiger partial charge in [0.25, 0.3) is 0 Å². The van der Waals surface area contributed by atoms with Crippen LogP contribution >= 0.6 is 0 Å². The molecule has 5 rings (SSSR count). The Morgan fingerprint density at radius 2 is 2.20 bits per heavy atom. The predicted molar refractivity (Wildman–Crippen MR) is 110 cm³/mol. The van der Waals surface area contributed by atoms with Crippen molar-refractivity contribution in [1.82, 2.24) is 24.9 Å². The summed E-state index contributed by atoms with van der Waals surface area (Å²) in [6.07, 6.45) is 5.77. The van der Waals surface area contributed by atoms with Crippen molar-refractivity contribution in [2.75, 3.05) is 25.5 Å². The number of aliphatic hydroxyl groups is 1. The van der Waals surface area contributed by atoms with E-state index in [1.165, 1.54) is 6.07 Å². The minimum absolute atomic E-state index is 0.158. The number of anilines is 1. The molecule has 0 unspecified atom stereocenters. The van der Waals surface area contributed by atoms with Crippen LogP contribution in [0.1, 0.15) is 42.9 Å². The number of halogens is 1. The van der Waals surface area contributed by atoms with Gasteiger partial charge in [-0.05, 0) is 38.3 Å². The van der Waals surface area contributed by atoms with E-state index >= 15 is 0 Å². The lowest BCUT2D eigenvalue weighted by Gasteiger charge is -2.25. The molecule has 1 aliphatic heterocycles. The van der Waals surface area contributed by atoms with Crippen molar-refractivity contribution in [2.45, 2.75) is 44.2 Å². The molecule has 1 saturated heterocycles. The molecule has 4 heterocycles. The zero-order valence-electron chi connectivity index (χ0n) is 16.9. The lowest BCUT2D eigenvalue weighted by molar-refractivity contribution is 0.281. The molecule has 0 aromatic carbocycles. The molecule has 0 radical (unpaired) electrons. The summed E-state index contributed by atoms with van der Waals surface area (Å²) in [5, 5.41) is 21.1. The topological polar surface area (TPSA) is 96.6 Å². The van der Waals surface area contributed by atoms with E-state index in [2.05, 4.69) is 20.6 Å². The number of rotatable bonds is 6. The minimum atomic E-state index is -0.515. The van der Waals surface area contributed by atoms with Crippen LogP contribution in [0.4, 0.5) is 10.2 Å². The molecule has 2 fully saturated rings. The van der Waals surface area contributed by atoms with Crippen LogP contribution in [0.25, 0.3) is 17.0 Å². The fraction of sp³-hybridized carbons (Fsp3) is 0.476. The molecule has 8 nitrogen and oxygen atoms in total. The number of nitrogens with one attached hydrogen (secondary N) is 2. The van der Waals surface area contributed by atoms with Crippen LogP contribution < -0.4 is 15.4 Å². The van der Waals surface area contributed by atoms with E-state index in [-0.39, 0.29) is 18.3 Å². The molecular weight excluding hydrogens is 387 g/mol. The number of hydrogen-bond acceptors (Lipinski definition) is 7. The fourth-order valence-corrected chi connectivity index (χ4v) is 4.00. The van der Waals surface area contributed by atoms with Gasteiger partial charge in [-0.25, -0.2) is 18.9 Å². The number of hydrogen-bond donors (Lipinski definition) is 3. The number of nitrogens with zero attached hydrogens (tertiary/aromatic N) is 4. The number of imidazole rings is 1. The highest BCUT2D eigenvalue weighted by Gasteiger charge is 2.30. The number of aromatic nitrogens is 4. The first-order chi connectivity index (χ1) is 14.7. The van der Waals surface area contributed by atoms with Gasteiger partial charge in [-0.15, -0.1) is 0 Å². The zero-order chi connectivity index (χ0) is 20.7. The highest BCUT2D eigenvalue weighted by molar-refractivity contribution is 5.64. The summed E-state index contributed by atoms with van der Waals surface area (Å²) in [5.41, 5.74) is 2.50. The second-order valence-corrected chi connectivity index (χ2v) is 7.96. The summed E-state index contributed by atoms with van der Waals surface area (Å²) < 4.78 is 22.1. The SMILES string of the molecule is COc1cc2ncc(-c3nc(N[C@@H]4CCCNC4)c(CO)cc3F)n2nc1C1CC1. The van der Waals surface area contributed by atoms with Crippen LogP contribution in [0.5, 0.6) is 5.75 Å². The van der Waals surface area contributed by atoms with E-state index in [4.69, 9.17) is 9.84 Å². The van der Waals surface area contributed by atoms with Crippen LogP contribution in [-0.2, 0) is 6.61 Å². The van der Waals surface area contributed by atoms with Gasteiger partial charge in [0, 0.05) is 30.1 Å². The van der Waals surface area contributed by atoms with Crippen molar-refractivity contribution in [3.8, 4) is 17.1 Å². The number of aliphatic hydroxyl groups excluding tert-OH is 1. The maximum Gasteiger partial charge on any atom is 0.157 e. The molecule has 158 valence electrons. The van der Waals surface area contributed by atoms with E-state index < -0.39 is 5.82 Å². The van der Waals surface area contributed by atoms with Crippen LogP contribution in [0.2, 0.25) is 0 Å². The first-order valence-electron chi connectivity index (χ1n) is 10.4. The lowest BCUT2D eigenvalue weighted by Crippen LogP contribution is -2.38. The Morgan fingerprint density at radius 3 is 2.90 bits per heavy atom. The van der Waals surface area contributed by atoms with Gasteiger partial charge in [-0.3, -0.25) is 0 Å². The summed E-state index contributed by atoms with van der Waals surface area (Å²) in [5.74, 6) is 1.05. The number of ether oxygens (including phenoxy) is 1. The van der Waals surface area contributed by atoms with Crippen LogP contribution in [0, 0.1) is 5.82 Å². The summed E-state index contributed by atoms with van der Waals surface area (Å²) in [4.78, 5) is 8.94. The Hall–Kier alpha value is -2.78. The van der Waals surface area contributed by atoms with E-state index in [0.29, 0.717) is 34.4 Å². The van der Waals surface area contributed by atoms with Gasteiger partial charge in [0.1, 0.15) is 28.6 Å². The number of piperidine rings is 1. The van der Waals surface area contributed by atoms with Gasteiger partial charge in [-0.2, -0.15) is 5.10 Å². The highest BCUT2D eigenvalue weighted by atomic mass is 19.1. The van der Waals surface area contributed by atoms with E-state index in [0.717, 1.165) is 44.5 Å². The summed E-state index contributed by atoms with van der Waals surface area (Å²) >= 11 is 0. The molecule has 1 aliphatic carbocycles. The Morgan fingerprint density at radius 1 is 1.33 bits per heavy atom. The molecule has 1 saturated carbocycles. The molecule has 1 atom stereocenters. The first-order valence-corrected chi connectivity index (χ1v) is 10.4. The van der Waals surface area contributed by atoms with Gasteiger partial charge in [0.15, 0.2) is 11.5 Å². The van der Waals surface area contributed by atoms with Crippen LogP contribution in [-0.4, -0.2) is 50.9 Å². The fourth-order valence-electron chi connectivity index (χ4n) is 4.00. The lowest BCUT2D eigenvalue weighted by atomic mass is 10.1. The predicted octanol–water partition coefficient (Wildman–Crippen LogP) is 2.47. The molecule has 3 aromatic rings. The van der Waals surface area contributed by atoms with Crippen molar-refractivity contribution in [3.63, 3.8) is 0 Å². The third kappa shape index (κ3) is 3.48. The van der Waals surface area contributed by atoms with Gasteiger partial charge in [0.05, 0.1) is 19.9 Å². The quantitative estimate of drug-likeness (QED) is 0.572. The van der Waals surface area contributed by atoms with Crippen molar-refractivity contribution in [2.24, 2.45) is 0 Å². The van der Waals surface area contributed by atoms with Crippen molar-refractivity contribution in [3.05, 3.63) is 35.4 Å². The van der Waals surface area contributed by atoms with Crippen molar-refractivity contribution >= 4 is 11.5 Å². The molecule has 2 aliphatic rings. The van der Waals surface area contributed by atoms with Gasteiger partial charge in [-0.1, -0.05) is 0 Å². The molecule has 0 spiro atoms. The van der Waals surface area contributed by atoms with E-state index in [1.54, 1.807) is 17.8 Å². The molecule has 0 amide bonds. The normalized spacial score (nSPS) is 19.2. The second-order valence-electron chi connectivity index (χ2n) is 7.96. The third-order valence-corrected chi connectivity index (χ3v) is 5.77. The summed E-state index contributed by atoms with van der Waals surface area (Å²) in [6, 6.07) is 3.35. The smallest absolute Gasteiger partial charge is 0.157 e. The summed E-state index contributed by atoms with van der Waals surface area (Å²) in [6.45, 7) is 1.51. The highest BCUT2D eigenvalue weighted by Crippen LogP contribution is 2.43. The standard InChI is InChI=1S/C21H25FN6O2/c1-30-17-8-18-24-10-16(28(18)27-19(17)12-4-5-12)20-15(22)7-13(11-29)21(26-20)25-14-3-2-6-23-9-14/h7-8,10,12,14,23,29H,2-6,9,11H2,1H3,(H,25,26)/t14-/m1/s1. The molecular formula is C21H25FN6O2. The molecule has 3 aromatic heterocycles. The Kier molecular flexibility index (Phi) is 5.00. The summed E-state index contributed by atoms with van der Waals surface area (Å²) in [7, 11) is 1.62. The van der Waals surface area contributed by atoms with Gasteiger partial charge < -0.3 is 20.5 Å². The molecule has 30 heavy (non-hydrogen) atoms. The average Bonchev–Trinajstić information content (AvgIpc) is 3.54. The number of methoxy groups -OCH3 is 1. The Balaban J connectivity index is 1.58.